The van der Waals surface area contributed by atoms with E-state index in [-0.39, 0.29) is 28.2 Å². The van der Waals surface area contributed by atoms with Gasteiger partial charge in [0.2, 0.25) is 5.03 Å². The summed E-state index contributed by atoms with van der Waals surface area (Å²) in [5.74, 6) is -0.363. The Kier molecular flexibility index (Phi) is 3.67. The van der Waals surface area contributed by atoms with E-state index in [2.05, 4.69) is 4.98 Å². The van der Waals surface area contributed by atoms with E-state index in [1.165, 1.54) is 10.9 Å². The zero-order valence-corrected chi connectivity index (χ0v) is 12.8. The Balaban J connectivity index is 2.39. The van der Waals surface area contributed by atoms with Crippen molar-refractivity contribution in [2.75, 3.05) is 18.1 Å². The Morgan fingerprint density at radius 3 is 2.58 bits per heavy atom. The van der Waals surface area contributed by atoms with Crippen molar-refractivity contribution in [3.05, 3.63) is 11.5 Å². The second kappa shape index (κ2) is 4.72. The number of imidazole rings is 1. The highest BCUT2D eigenvalue weighted by molar-refractivity contribution is 7.92. The van der Waals surface area contributed by atoms with Crippen molar-refractivity contribution in [2.24, 2.45) is 7.05 Å². The van der Waals surface area contributed by atoms with Crippen LogP contribution in [-0.4, -0.2) is 54.8 Å². The number of sulfone groups is 1. The Labute approximate surface area is 117 Å². The molecule has 0 aromatic carbocycles. The first-order chi connectivity index (χ1) is 8.65. The van der Waals surface area contributed by atoms with Crippen LogP contribution < -0.4 is 0 Å². The van der Waals surface area contributed by atoms with Crippen LogP contribution in [0.25, 0.3) is 0 Å². The quantitative estimate of drug-likeness (QED) is 0.755. The van der Waals surface area contributed by atoms with E-state index < -0.39 is 25.9 Å². The van der Waals surface area contributed by atoms with Crippen molar-refractivity contribution in [3.8, 4) is 0 Å². The third-order valence-corrected chi connectivity index (χ3v) is 7.30. The standard InChI is InChI=1S/C9H14ClN3O4S2/c1-7-5-18(14,15)4-3-13(7)19(16,17)9-8(10)12(2)6-11-9/h6-7H,3-5H2,1-2H3. The molecule has 1 atom stereocenters. The van der Waals surface area contributed by atoms with E-state index in [1.807, 2.05) is 0 Å². The molecule has 10 heteroatoms. The van der Waals surface area contributed by atoms with Gasteiger partial charge in [-0.15, -0.1) is 0 Å². The molecule has 1 unspecified atom stereocenters. The molecule has 0 aliphatic carbocycles. The van der Waals surface area contributed by atoms with Crippen molar-refractivity contribution in [2.45, 2.75) is 18.0 Å². The maximum atomic E-state index is 12.4. The van der Waals surface area contributed by atoms with Crippen LogP contribution in [0, 0.1) is 0 Å². The number of sulfonamides is 1. The van der Waals surface area contributed by atoms with E-state index in [0.717, 1.165) is 4.31 Å². The fraction of sp³-hybridized carbons (Fsp3) is 0.667. The molecule has 1 aliphatic rings. The summed E-state index contributed by atoms with van der Waals surface area (Å²) in [6.45, 7) is 1.49. The van der Waals surface area contributed by atoms with Gasteiger partial charge in [0.25, 0.3) is 10.0 Å². The van der Waals surface area contributed by atoms with Gasteiger partial charge in [-0.2, -0.15) is 4.31 Å². The predicted molar refractivity (Wildman–Crippen MR) is 70.2 cm³/mol. The number of hydrogen-bond donors (Lipinski definition) is 0. The molecule has 19 heavy (non-hydrogen) atoms. The van der Waals surface area contributed by atoms with Gasteiger partial charge >= 0.3 is 0 Å². The van der Waals surface area contributed by atoms with Crippen LogP contribution >= 0.6 is 11.6 Å². The SMILES string of the molecule is CC1CS(=O)(=O)CCN1S(=O)(=O)c1ncn(C)c1Cl. The highest BCUT2D eigenvalue weighted by Crippen LogP contribution is 2.26. The fourth-order valence-corrected chi connectivity index (χ4v) is 5.81. The zero-order chi connectivity index (χ0) is 14.4. The van der Waals surface area contributed by atoms with Crippen LogP contribution in [0.4, 0.5) is 0 Å². The first kappa shape index (κ1) is 14.8. The minimum absolute atomic E-state index is 0.0145. The van der Waals surface area contributed by atoms with Gasteiger partial charge < -0.3 is 4.57 Å². The van der Waals surface area contributed by atoms with E-state index in [1.54, 1.807) is 14.0 Å². The maximum absolute atomic E-state index is 12.4. The summed E-state index contributed by atoms with van der Waals surface area (Å²) in [5, 5.41) is -0.219. The molecule has 0 bridgehead atoms. The van der Waals surface area contributed by atoms with Gasteiger partial charge in [0, 0.05) is 19.6 Å². The highest BCUT2D eigenvalue weighted by atomic mass is 35.5. The second-order valence-corrected chi connectivity index (χ2v) is 8.92. The molecule has 1 aromatic heterocycles. The first-order valence-corrected chi connectivity index (χ1v) is 9.18. The summed E-state index contributed by atoms with van der Waals surface area (Å²) in [6, 6.07) is -0.623. The molecule has 2 rings (SSSR count). The van der Waals surface area contributed by atoms with Gasteiger partial charge in [-0.1, -0.05) is 11.6 Å². The second-order valence-electron chi connectivity index (χ2n) is 4.53. The van der Waals surface area contributed by atoms with Crippen molar-refractivity contribution < 1.29 is 16.8 Å². The molecule has 1 saturated heterocycles. The average molecular weight is 328 g/mol. The normalized spacial score (nSPS) is 24.5. The van der Waals surface area contributed by atoms with Crippen LogP contribution in [0.15, 0.2) is 11.4 Å². The summed E-state index contributed by atoms with van der Waals surface area (Å²) in [7, 11) is -5.46. The van der Waals surface area contributed by atoms with Gasteiger partial charge in [0.15, 0.2) is 9.84 Å². The highest BCUT2D eigenvalue weighted by Gasteiger charge is 2.38. The Morgan fingerprint density at radius 1 is 1.47 bits per heavy atom. The zero-order valence-electron chi connectivity index (χ0n) is 10.4. The van der Waals surface area contributed by atoms with Gasteiger partial charge in [-0.3, -0.25) is 0 Å². The van der Waals surface area contributed by atoms with Crippen LogP contribution in [0.1, 0.15) is 6.92 Å². The molecule has 0 N–H and O–H groups in total. The molecule has 0 radical (unpaired) electrons. The first-order valence-electron chi connectivity index (χ1n) is 5.54. The number of rotatable bonds is 2. The summed E-state index contributed by atoms with van der Waals surface area (Å²) < 4.78 is 50.3. The van der Waals surface area contributed by atoms with Gasteiger partial charge in [0.05, 0.1) is 17.8 Å². The summed E-state index contributed by atoms with van der Waals surface area (Å²) in [4.78, 5) is 3.78. The third-order valence-electron chi connectivity index (χ3n) is 3.00. The average Bonchev–Trinajstić information content (AvgIpc) is 2.58. The summed E-state index contributed by atoms with van der Waals surface area (Å²) in [5.41, 5.74) is 0. The Morgan fingerprint density at radius 2 is 2.11 bits per heavy atom. The molecular weight excluding hydrogens is 314 g/mol. The number of nitrogens with zero attached hydrogens (tertiary/aromatic N) is 3. The van der Waals surface area contributed by atoms with Gasteiger partial charge in [0.1, 0.15) is 5.15 Å². The van der Waals surface area contributed by atoms with Gasteiger partial charge in [-0.25, -0.2) is 21.8 Å². The predicted octanol–water partition coefficient (Wildman–Crippen LogP) is -0.119. The molecule has 0 spiro atoms. The molecule has 0 saturated carbocycles. The lowest BCUT2D eigenvalue weighted by atomic mass is 10.4. The Bertz CT molecular complexity index is 695. The van der Waals surface area contributed by atoms with Crippen LogP contribution in [0.3, 0.4) is 0 Å². The summed E-state index contributed by atoms with van der Waals surface area (Å²) >= 11 is 5.89. The number of aromatic nitrogens is 2. The van der Waals surface area contributed by atoms with Crippen molar-refractivity contribution >= 4 is 31.5 Å². The van der Waals surface area contributed by atoms with Crippen molar-refractivity contribution in [1.29, 1.82) is 0 Å². The third kappa shape index (κ3) is 2.64. The molecule has 1 aliphatic heterocycles. The molecule has 7 nitrogen and oxygen atoms in total. The van der Waals surface area contributed by atoms with E-state index in [9.17, 15) is 16.8 Å². The summed E-state index contributed by atoms with van der Waals surface area (Å²) in [6.07, 6.45) is 1.31. The molecule has 1 aromatic rings. The van der Waals surface area contributed by atoms with Crippen molar-refractivity contribution in [3.63, 3.8) is 0 Å². The maximum Gasteiger partial charge on any atom is 0.263 e. The van der Waals surface area contributed by atoms with E-state index >= 15 is 0 Å². The van der Waals surface area contributed by atoms with E-state index in [0.29, 0.717) is 0 Å². The molecule has 2 heterocycles. The van der Waals surface area contributed by atoms with Crippen LogP contribution in [0.5, 0.6) is 0 Å². The van der Waals surface area contributed by atoms with Crippen LogP contribution in [-0.2, 0) is 26.9 Å². The number of aryl methyl sites for hydroxylation is 1. The van der Waals surface area contributed by atoms with Crippen LogP contribution in [0.2, 0.25) is 5.15 Å². The molecule has 0 amide bonds. The lowest BCUT2D eigenvalue weighted by Gasteiger charge is -2.31. The molecular formula is C9H14ClN3O4S2. The van der Waals surface area contributed by atoms with E-state index in [4.69, 9.17) is 11.6 Å². The van der Waals surface area contributed by atoms with Crippen molar-refractivity contribution in [1.82, 2.24) is 13.9 Å². The number of halogens is 1. The lowest BCUT2D eigenvalue weighted by molar-refractivity contribution is 0.355. The minimum atomic E-state index is -3.87. The molecule has 108 valence electrons. The Hall–Kier alpha value is -0.640. The molecule has 1 fully saturated rings. The smallest absolute Gasteiger partial charge is 0.263 e. The topological polar surface area (TPSA) is 89.3 Å². The van der Waals surface area contributed by atoms with Gasteiger partial charge in [-0.05, 0) is 6.92 Å². The minimum Gasteiger partial charge on any atom is -0.324 e. The number of hydrogen-bond acceptors (Lipinski definition) is 5. The lowest BCUT2D eigenvalue weighted by Crippen LogP contribution is -2.49. The fourth-order valence-electron chi connectivity index (χ4n) is 2.02. The largest absolute Gasteiger partial charge is 0.324 e. The monoisotopic (exact) mass is 327 g/mol.